The number of aromatic hydroxyl groups is 2. The fraction of sp³-hybridized carbons (Fsp3) is 0.0952. The van der Waals surface area contributed by atoms with Crippen molar-refractivity contribution in [2.75, 3.05) is 12.4 Å². The largest absolute Gasteiger partial charge is 0.504 e. The summed E-state index contributed by atoms with van der Waals surface area (Å²) in [6, 6.07) is 18.5. The molecular formula is C21H18ClNO4. The number of ether oxygens (including phenoxy) is 1. The van der Waals surface area contributed by atoms with Gasteiger partial charge in [0.1, 0.15) is 0 Å². The Morgan fingerprint density at radius 1 is 1.00 bits per heavy atom. The Morgan fingerprint density at radius 2 is 1.70 bits per heavy atom. The standard InChI is InChI=1S/C21H18ClNO4/c1-27-20(13-6-9-15(22)10-7-13)21(26)23-17-5-3-2-4-16(17)14-8-11-18(24)19(25)12-14/h2-12,20,24-25H,1H3,(H,23,26). The molecule has 0 aliphatic carbocycles. The first-order chi connectivity index (χ1) is 13.0. The Labute approximate surface area is 161 Å². The molecule has 1 atom stereocenters. The van der Waals surface area contributed by atoms with Gasteiger partial charge in [0.15, 0.2) is 17.6 Å². The molecule has 0 bridgehead atoms. The zero-order valence-corrected chi connectivity index (χ0v) is 15.3. The molecule has 0 aliphatic rings. The molecule has 6 heteroatoms. The van der Waals surface area contributed by atoms with Crippen LogP contribution in [-0.4, -0.2) is 23.2 Å². The molecule has 0 radical (unpaired) electrons. The second-order valence-corrected chi connectivity index (χ2v) is 6.34. The maximum Gasteiger partial charge on any atom is 0.258 e. The van der Waals surface area contributed by atoms with E-state index in [-0.39, 0.29) is 17.4 Å². The van der Waals surface area contributed by atoms with Gasteiger partial charge >= 0.3 is 0 Å². The van der Waals surface area contributed by atoms with Gasteiger partial charge in [0, 0.05) is 23.4 Å². The first-order valence-electron chi connectivity index (χ1n) is 8.20. The summed E-state index contributed by atoms with van der Waals surface area (Å²) in [6.45, 7) is 0. The lowest BCUT2D eigenvalue weighted by molar-refractivity contribution is -0.126. The molecule has 0 saturated heterocycles. The summed E-state index contributed by atoms with van der Waals surface area (Å²) in [5, 5.41) is 22.7. The molecule has 3 N–H and O–H groups in total. The number of rotatable bonds is 5. The molecular weight excluding hydrogens is 366 g/mol. The molecule has 0 heterocycles. The summed E-state index contributed by atoms with van der Waals surface area (Å²) in [7, 11) is 1.46. The molecule has 1 unspecified atom stereocenters. The molecule has 0 saturated carbocycles. The highest BCUT2D eigenvalue weighted by Crippen LogP contribution is 2.34. The molecule has 0 aliphatic heterocycles. The van der Waals surface area contributed by atoms with Crippen molar-refractivity contribution >= 4 is 23.2 Å². The molecule has 138 valence electrons. The predicted octanol–water partition coefficient (Wildman–Crippen LogP) is 4.74. The Bertz CT molecular complexity index is 957. The minimum absolute atomic E-state index is 0.206. The van der Waals surface area contributed by atoms with Crippen LogP contribution in [-0.2, 0) is 9.53 Å². The lowest BCUT2D eigenvalue weighted by Gasteiger charge is -2.18. The van der Waals surface area contributed by atoms with Crippen LogP contribution in [0.5, 0.6) is 11.5 Å². The highest BCUT2D eigenvalue weighted by molar-refractivity contribution is 6.30. The average Bonchev–Trinajstić information content (AvgIpc) is 2.66. The number of benzene rings is 3. The van der Waals surface area contributed by atoms with Gasteiger partial charge in [-0.15, -0.1) is 0 Å². The Hall–Kier alpha value is -3.02. The number of carbonyl (C=O) groups excluding carboxylic acids is 1. The van der Waals surface area contributed by atoms with Gasteiger partial charge in [-0.1, -0.05) is 48.0 Å². The topological polar surface area (TPSA) is 78.8 Å². The van der Waals surface area contributed by atoms with Gasteiger partial charge in [-0.25, -0.2) is 0 Å². The Balaban J connectivity index is 1.89. The molecule has 5 nitrogen and oxygen atoms in total. The van der Waals surface area contributed by atoms with Crippen molar-refractivity contribution in [1.29, 1.82) is 0 Å². The number of amides is 1. The second-order valence-electron chi connectivity index (χ2n) is 5.91. The Morgan fingerprint density at radius 3 is 2.37 bits per heavy atom. The summed E-state index contributed by atoms with van der Waals surface area (Å²) >= 11 is 5.90. The van der Waals surface area contributed by atoms with Crippen LogP contribution in [0.1, 0.15) is 11.7 Å². The highest BCUT2D eigenvalue weighted by Gasteiger charge is 2.21. The van der Waals surface area contributed by atoms with E-state index in [9.17, 15) is 15.0 Å². The molecule has 3 rings (SSSR count). The third-order valence-electron chi connectivity index (χ3n) is 4.12. The van der Waals surface area contributed by atoms with Crippen molar-refractivity contribution in [2.45, 2.75) is 6.10 Å². The first kappa shape index (κ1) is 18.8. The van der Waals surface area contributed by atoms with Crippen LogP contribution in [0.25, 0.3) is 11.1 Å². The minimum atomic E-state index is -0.802. The monoisotopic (exact) mass is 383 g/mol. The van der Waals surface area contributed by atoms with Gasteiger partial charge < -0.3 is 20.3 Å². The molecule has 0 spiro atoms. The summed E-state index contributed by atoms with van der Waals surface area (Å²) < 4.78 is 5.36. The molecule has 3 aromatic rings. The van der Waals surface area contributed by atoms with E-state index in [0.29, 0.717) is 27.4 Å². The van der Waals surface area contributed by atoms with Crippen molar-refractivity contribution in [2.24, 2.45) is 0 Å². The molecule has 27 heavy (non-hydrogen) atoms. The average molecular weight is 384 g/mol. The smallest absolute Gasteiger partial charge is 0.258 e. The lowest BCUT2D eigenvalue weighted by Crippen LogP contribution is -2.22. The summed E-state index contributed by atoms with van der Waals surface area (Å²) in [6.07, 6.45) is -0.802. The molecule has 0 fully saturated rings. The van der Waals surface area contributed by atoms with Crippen LogP contribution in [0.2, 0.25) is 5.02 Å². The summed E-state index contributed by atoms with van der Waals surface area (Å²) in [5.41, 5.74) is 2.59. The SMILES string of the molecule is COC(C(=O)Nc1ccccc1-c1ccc(O)c(O)c1)c1ccc(Cl)cc1. The predicted molar refractivity (Wildman–Crippen MR) is 105 cm³/mol. The van der Waals surface area contributed by atoms with E-state index in [0.717, 1.165) is 0 Å². The minimum Gasteiger partial charge on any atom is -0.504 e. The lowest BCUT2D eigenvalue weighted by atomic mass is 10.0. The maximum atomic E-state index is 12.8. The van der Waals surface area contributed by atoms with Crippen molar-refractivity contribution in [1.82, 2.24) is 0 Å². The van der Waals surface area contributed by atoms with Crippen LogP contribution >= 0.6 is 11.6 Å². The van der Waals surface area contributed by atoms with Gasteiger partial charge in [0.25, 0.3) is 5.91 Å². The van der Waals surface area contributed by atoms with Gasteiger partial charge in [0.2, 0.25) is 0 Å². The van der Waals surface area contributed by atoms with Crippen LogP contribution < -0.4 is 5.32 Å². The van der Waals surface area contributed by atoms with Crippen molar-refractivity contribution < 1.29 is 19.7 Å². The van der Waals surface area contributed by atoms with E-state index >= 15 is 0 Å². The number of carbonyl (C=O) groups is 1. The molecule has 1 amide bonds. The molecule has 3 aromatic carbocycles. The van der Waals surface area contributed by atoms with Gasteiger partial charge in [-0.3, -0.25) is 4.79 Å². The van der Waals surface area contributed by atoms with E-state index in [1.54, 1.807) is 42.5 Å². The van der Waals surface area contributed by atoms with Crippen molar-refractivity contribution in [3.63, 3.8) is 0 Å². The van der Waals surface area contributed by atoms with Crippen LogP contribution in [0.4, 0.5) is 5.69 Å². The zero-order valence-electron chi connectivity index (χ0n) is 14.5. The number of hydrogen-bond acceptors (Lipinski definition) is 4. The van der Waals surface area contributed by atoms with Crippen molar-refractivity contribution in [3.8, 4) is 22.6 Å². The molecule has 0 aromatic heterocycles. The quantitative estimate of drug-likeness (QED) is 0.556. The Kier molecular flexibility index (Phi) is 5.64. The number of phenolic OH excluding ortho intramolecular Hbond substituents is 2. The normalized spacial score (nSPS) is 11.8. The number of methoxy groups -OCH3 is 1. The number of phenols is 2. The fourth-order valence-electron chi connectivity index (χ4n) is 2.77. The highest BCUT2D eigenvalue weighted by atomic mass is 35.5. The van der Waals surface area contributed by atoms with E-state index < -0.39 is 6.10 Å². The van der Waals surface area contributed by atoms with Crippen LogP contribution in [0.3, 0.4) is 0 Å². The van der Waals surface area contributed by atoms with Crippen LogP contribution in [0, 0.1) is 0 Å². The van der Waals surface area contributed by atoms with E-state index in [1.165, 1.54) is 19.2 Å². The van der Waals surface area contributed by atoms with Crippen molar-refractivity contribution in [3.05, 3.63) is 77.3 Å². The third kappa shape index (κ3) is 4.22. The number of anilines is 1. The van der Waals surface area contributed by atoms with E-state index in [4.69, 9.17) is 16.3 Å². The van der Waals surface area contributed by atoms with Gasteiger partial charge in [0.05, 0.1) is 0 Å². The maximum absolute atomic E-state index is 12.8. The number of halogens is 1. The fourth-order valence-corrected chi connectivity index (χ4v) is 2.89. The zero-order chi connectivity index (χ0) is 19.4. The third-order valence-corrected chi connectivity index (χ3v) is 4.37. The summed E-state index contributed by atoms with van der Waals surface area (Å²) in [5.74, 6) is -0.776. The van der Waals surface area contributed by atoms with E-state index in [1.807, 2.05) is 12.1 Å². The number of hydrogen-bond donors (Lipinski definition) is 3. The summed E-state index contributed by atoms with van der Waals surface area (Å²) in [4.78, 5) is 12.8. The number of nitrogens with one attached hydrogen (secondary N) is 1. The first-order valence-corrected chi connectivity index (χ1v) is 8.58. The second kappa shape index (κ2) is 8.12. The number of para-hydroxylation sites is 1. The van der Waals surface area contributed by atoms with Crippen LogP contribution in [0.15, 0.2) is 66.7 Å². The van der Waals surface area contributed by atoms with Gasteiger partial charge in [-0.2, -0.15) is 0 Å². The van der Waals surface area contributed by atoms with Gasteiger partial charge in [-0.05, 0) is 41.5 Å². The van der Waals surface area contributed by atoms with E-state index in [2.05, 4.69) is 5.32 Å².